The van der Waals surface area contributed by atoms with Gasteiger partial charge >= 0.3 is 0 Å². The SMILES string of the molecule is CNCCCC1Oc2ccccc2N(c2ccc(C)cc2)S1(=O)=O. The van der Waals surface area contributed by atoms with Gasteiger partial charge in [-0.15, -0.1) is 0 Å². The van der Waals surface area contributed by atoms with E-state index in [1.807, 2.05) is 56.4 Å². The van der Waals surface area contributed by atoms with Gasteiger partial charge in [-0.25, -0.2) is 12.7 Å². The van der Waals surface area contributed by atoms with E-state index in [4.69, 9.17) is 4.74 Å². The van der Waals surface area contributed by atoms with Crippen molar-refractivity contribution in [3.05, 3.63) is 54.1 Å². The first-order valence-corrected chi connectivity index (χ1v) is 9.55. The van der Waals surface area contributed by atoms with Gasteiger partial charge in [-0.3, -0.25) is 0 Å². The smallest absolute Gasteiger partial charge is 0.277 e. The molecule has 1 unspecified atom stereocenters. The third-order valence-electron chi connectivity index (χ3n) is 4.06. The number of rotatable bonds is 5. The van der Waals surface area contributed by atoms with Crippen LogP contribution in [0.3, 0.4) is 0 Å². The molecule has 6 heteroatoms. The summed E-state index contributed by atoms with van der Waals surface area (Å²) in [5, 5.41) is 3.04. The quantitative estimate of drug-likeness (QED) is 0.845. The van der Waals surface area contributed by atoms with Crippen molar-refractivity contribution in [2.45, 2.75) is 25.2 Å². The molecular weight excluding hydrogens is 324 g/mol. The fourth-order valence-electron chi connectivity index (χ4n) is 2.80. The molecule has 0 fully saturated rings. The Morgan fingerprint density at radius 2 is 1.83 bits per heavy atom. The van der Waals surface area contributed by atoms with E-state index in [-0.39, 0.29) is 0 Å². The van der Waals surface area contributed by atoms with E-state index >= 15 is 0 Å². The van der Waals surface area contributed by atoms with Gasteiger partial charge in [0, 0.05) is 6.42 Å². The molecule has 1 aliphatic rings. The molecule has 1 atom stereocenters. The van der Waals surface area contributed by atoms with Crippen LogP contribution < -0.4 is 14.4 Å². The number of fused-ring (bicyclic) bond motifs is 1. The first-order chi connectivity index (χ1) is 11.5. The van der Waals surface area contributed by atoms with Crippen LogP contribution in [-0.4, -0.2) is 27.4 Å². The Bertz CT molecular complexity index is 803. The van der Waals surface area contributed by atoms with Gasteiger partial charge in [0.15, 0.2) is 0 Å². The molecule has 0 aromatic heterocycles. The van der Waals surface area contributed by atoms with Crippen LogP contribution >= 0.6 is 0 Å². The standard InChI is InChI=1S/C18H22N2O3S/c1-14-9-11-15(12-10-14)20-16-6-3-4-7-17(16)23-18(24(20,21)22)8-5-13-19-2/h3-4,6-7,9-12,18-19H,5,8,13H2,1-2H3. The fourth-order valence-corrected chi connectivity index (χ4v) is 4.57. The molecule has 0 aliphatic carbocycles. The first-order valence-electron chi connectivity index (χ1n) is 8.05. The molecule has 2 aromatic rings. The zero-order chi connectivity index (χ0) is 17.2. The van der Waals surface area contributed by atoms with Crippen LogP contribution in [-0.2, 0) is 10.0 Å². The molecule has 0 bridgehead atoms. The number of nitrogens with zero attached hydrogens (tertiary/aromatic N) is 1. The minimum atomic E-state index is -3.64. The molecule has 2 aromatic carbocycles. The van der Waals surface area contributed by atoms with Crippen molar-refractivity contribution >= 4 is 21.4 Å². The molecule has 128 valence electrons. The molecule has 0 saturated heterocycles. The van der Waals surface area contributed by atoms with E-state index in [0.717, 1.165) is 18.5 Å². The Balaban J connectivity index is 2.05. The minimum Gasteiger partial charge on any atom is -0.470 e. The van der Waals surface area contributed by atoms with Gasteiger partial charge < -0.3 is 10.1 Å². The molecule has 3 rings (SSSR count). The van der Waals surface area contributed by atoms with Crippen molar-refractivity contribution in [2.24, 2.45) is 0 Å². The maximum absolute atomic E-state index is 13.1. The topological polar surface area (TPSA) is 58.6 Å². The van der Waals surface area contributed by atoms with Crippen molar-refractivity contribution in [1.82, 2.24) is 5.32 Å². The summed E-state index contributed by atoms with van der Waals surface area (Å²) in [4.78, 5) is 0. The number of para-hydroxylation sites is 2. The Morgan fingerprint density at radius 1 is 1.12 bits per heavy atom. The Hall–Kier alpha value is -2.05. The fraction of sp³-hybridized carbons (Fsp3) is 0.333. The van der Waals surface area contributed by atoms with Crippen molar-refractivity contribution in [3.8, 4) is 5.75 Å². The summed E-state index contributed by atoms with van der Waals surface area (Å²) in [5.41, 5.74) is 1.41. The lowest BCUT2D eigenvalue weighted by molar-refractivity contribution is 0.254. The summed E-state index contributed by atoms with van der Waals surface area (Å²) in [6.07, 6.45) is 1.17. The normalized spacial score (nSPS) is 18.8. The summed E-state index contributed by atoms with van der Waals surface area (Å²) >= 11 is 0. The highest BCUT2D eigenvalue weighted by Gasteiger charge is 2.40. The molecule has 0 saturated carbocycles. The molecule has 0 radical (unpaired) electrons. The van der Waals surface area contributed by atoms with Gasteiger partial charge in [-0.05, 0) is 51.2 Å². The van der Waals surface area contributed by atoms with Crippen LogP contribution in [0, 0.1) is 6.92 Å². The zero-order valence-electron chi connectivity index (χ0n) is 13.9. The average Bonchev–Trinajstić information content (AvgIpc) is 2.56. The monoisotopic (exact) mass is 346 g/mol. The number of aryl methyl sites for hydroxylation is 1. The van der Waals surface area contributed by atoms with Crippen LogP contribution in [0.2, 0.25) is 0 Å². The van der Waals surface area contributed by atoms with Crippen molar-refractivity contribution in [3.63, 3.8) is 0 Å². The van der Waals surface area contributed by atoms with E-state index < -0.39 is 15.5 Å². The van der Waals surface area contributed by atoms with Crippen LogP contribution in [0.25, 0.3) is 0 Å². The summed E-state index contributed by atoms with van der Waals surface area (Å²) in [5.74, 6) is 0.599. The number of nitrogens with one attached hydrogen (secondary N) is 1. The number of ether oxygens (including phenoxy) is 1. The predicted molar refractivity (Wildman–Crippen MR) is 96.3 cm³/mol. The Labute approximate surface area is 143 Å². The number of hydrogen-bond acceptors (Lipinski definition) is 4. The number of hydrogen-bond donors (Lipinski definition) is 1. The predicted octanol–water partition coefficient (Wildman–Crippen LogP) is 3.18. The van der Waals surface area contributed by atoms with E-state index in [1.54, 1.807) is 6.07 Å². The number of benzene rings is 2. The van der Waals surface area contributed by atoms with Crippen molar-refractivity contribution in [1.29, 1.82) is 0 Å². The highest BCUT2D eigenvalue weighted by Crippen LogP contribution is 2.42. The van der Waals surface area contributed by atoms with Crippen LogP contribution in [0.1, 0.15) is 18.4 Å². The van der Waals surface area contributed by atoms with Gasteiger partial charge in [-0.2, -0.15) is 0 Å². The van der Waals surface area contributed by atoms with E-state index in [1.165, 1.54) is 4.31 Å². The third-order valence-corrected chi connectivity index (χ3v) is 5.98. The molecule has 0 spiro atoms. The van der Waals surface area contributed by atoms with Crippen LogP contribution in [0.5, 0.6) is 5.75 Å². The third kappa shape index (κ3) is 3.12. The lowest BCUT2D eigenvalue weighted by Crippen LogP contribution is -2.43. The largest absolute Gasteiger partial charge is 0.470 e. The summed E-state index contributed by atoms with van der Waals surface area (Å²) in [6, 6.07) is 14.8. The van der Waals surface area contributed by atoms with Gasteiger partial charge in [0.1, 0.15) is 5.75 Å². The summed E-state index contributed by atoms with van der Waals surface area (Å²) in [6.45, 7) is 2.73. The van der Waals surface area contributed by atoms with Crippen molar-refractivity contribution < 1.29 is 13.2 Å². The number of sulfonamides is 1. The first kappa shape index (κ1) is 16.8. The molecular formula is C18H22N2O3S. The molecule has 1 N–H and O–H groups in total. The van der Waals surface area contributed by atoms with Gasteiger partial charge in [0.25, 0.3) is 10.0 Å². The zero-order valence-corrected chi connectivity index (χ0v) is 14.7. The molecule has 1 heterocycles. The molecule has 1 aliphatic heterocycles. The highest BCUT2D eigenvalue weighted by molar-refractivity contribution is 7.93. The minimum absolute atomic E-state index is 0.444. The summed E-state index contributed by atoms with van der Waals surface area (Å²) in [7, 11) is -1.79. The molecule has 5 nitrogen and oxygen atoms in total. The van der Waals surface area contributed by atoms with E-state index in [2.05, 4.69) is 5.32 Å². The average molecular weight is 346 g/mol. The van der Waals surface area contributed by atoms with Gasteiger partial charge in [0.2, 0.25) is 5.44 Å². The van der Waals surface area contributed by atoms with E-state index in [9.17, 15) is 8.42 Å². The van der Waals surface area contributed by atoms with Gasteiger partial charge in [-0.1, -0.05) is 29.8 Å². The lowest BCUT2D eigenvalue weighted by Gasteiger charge is -2.35. The second kappa shape index (κ2) is 6.83. The lowest BCUT2D eigenvalue weighted by atomic mass is 10.2. The van der Waals surface area contributed by atoms with Crippen LogP contribution in [0.4, 0.5) is 11.4 Å². The maximum Gasteiger partial charge on any atom is 0.277 e. The summed E-state index contributed by atoms with van der Waals surface area (Å²) < 4.78 is 33.5. The van der Waals surface area contributed by atoms with Crippen LogP contribution in [0.15, 0.2) is 48.5 Å². The van der Waals surface area contributed by atoms with Gasteiger partial charge in [0.05, 0.1) is 11.4 Å². The second-order valence-corrected chi connectivity index (χ2v) is 7.83. The maximum atomic E-state index is 13.1. The number of anilines is 2. The van der Waals surface area contributed by atoms with Crippen molar-refractivity contribution in [2.75, 3.05) is 17.9 Å². The molecule has 0 amide bonds. The molecule has 24 heavy (non-hydrogen) atoms. The second-order valence-electron chi connectivity index (χ2n) is 5.91. The Morgan fingerprint density at radius 3 is 2.54 bits per heavy atom. The highest BCUT2D eigenvalue weighted by atomic mass is 32.2. The van der Waals surface area contributed by atoms with E-state index in [0.29, 0.717) is 23.5 Å². The Kier molecular flexibility index (Phi) is 4.78.